The Labute approximate surface area is 119 Å². The third kappa shape index (κ3) is 2.78. The average Bonchev–Trinajstić information content (AvgIpc) is 2.95. The zero-order valence-corrected chi connectivity index (χ0v) is 11.4. The van der Waals surface area contributed by atoms with Crippen molar-refractivity contribution < 1.29 is 14.5 Å². The van der Waals surface area contributed by atoms with E-state index < -0.39 is 10.8 Å². The minimum atomic E-state index is -0.594. The van der Waals surface area contributed by atoms with Gasteiger partial charge in [-0.25, -0.2) is 4.68 Å². The second-order valence-electron chi connectivity index (χ2n) is 4.24. The van der Waals surface area contributed by atoms with Crippen LogP contribution in [0.4, 0.5) is 5.69 Å². The van der Waals surface area contributed by atoms with Crippen molar-refractivity contribution >= 4 is 17.4 Å². The van der Waals surface area contributed by atoms with Crippen molar-refractivity contribution in [3.8, 4) is 5.69 Å². The van der Waals surface area contributed by atoms with E-state index >= 15 is 0 Å². The van der Waals surface area contributed by atoms with Crippen molar-refractivity contribution in [3.05, 3.63) is 51.8 Å². The van der Waals surface area contributed by atoms with E-state index in [1.165, 1.54) is 49.1 Å². The fraction of sp³-hybridized carbons (Fsp3) is 0.154. The Morgan fingerprint density at radius 1 is 1.33 bits per heavy atom. The summed E-state index contributed by atoms with van der Waals surface area (Å²) in [5, 5.41) is 17.5. The summed E-state index contributed by atoms with van der Waals surface area (Å²) >= 11 is 0. The number of Topliss-reactive ketones (excluding diaryl/α,β-unsaturated/α-hetero) is 1. The van der Waals surface area contributed by atoms with Crippen LogP contribution in [-0.4, -0.2) is 33.4 Å². The van der Waals surface area contributed by atoms with Crippen LogP contribution < -0.4 is 5.32 Å². The number of hydrogen-bond donors (Lipinski definition) is 1. The molecule has 108 valence electrons. The lowest BCUT2D eigenvalue weighted by Crippen LogP contribution is -2.18. The first-order chi connectivity index (χ1) is 9.93. The molecule has 0 spiro atoms. The summed E-state index contributed by atoms with van der Waals surface area (Å²) in [5.41, 5.74) is 0.306. The van der Waals surface area contributed by atoms with E-state index in [4.69, 9.17) is 0 Å². The van der Waals surface area contributed by atoms with Gasteiger partial charge in [0.25, 0.3) is 11.6 Å². The Bertz CT molecular complexity index is 736. The maximum absolute atomic E-state index is 11.5. The standard InChI is InChI=1S/C13H12N4O4/c1-8(18)9-3-4-11(12(7-9)17(20)21)16-6-5-10(15-16)13(19)14-2/h3-7H,1-2H3,(H,14,19). The number of ketones is 1. The lowest BCUT2D eigenvalue weighted by atomic mass is 10.1. The largest absolute Gasteiger partial charge is 0.354 e. The zero-order chi connectivity index (χ0) is 15.6. The van der Waals surface area contributed by atoms with Crippen LogP contribution in [0.3, 0.4) is 0 Å². The molecule has 0 unspecified atom stereocenters. The van der Waals surface area contributed by atoms with E-state index in [0.717, 1.165) is 0 Å². The normalized spacial score (nSPS) is 10.2. The van der Waals surface area contributed by atoms with Gasteiger partial charge in [-0.2, -0.15) is 5.10 Å². The molecule has 8 nitrogen and oxygen atoms in total. The number of nitrogens with one attached hydrogen (secondary N) is 1. The first-order valence-electron chi connectivity index (χ1n) is 6.01. The van der Waals surface area contributed by atoms with Crippen LogP contribution in [-0.2, 0) is 0 Å². The maximum atomic E-state index is 11.5. The van der Waals surface area contributed by atoms with Gasteiger partial charge < -0.3 is 5.32 Å². The Kier molecular flexibility index (Phi) is 3.79. The molecule has 1 aromatic heterocycles. The molecule has 0 bridgehead atoms. The molecule has 2 rings (SSSR count). The number of hydrogen-bond acceptors (Lipinski definition) is 5. The third-order valence-electron chi connectivity index (χ3n) is 2.87. The van der Waals surface area contributed by atoms with Crippen molar-refractivity contribution in [2.24, 2.45) is 0 Å². The molecule has 0 saturated heterocycles. The molecule has 0 saturated carbocycles. The zero-order valence-electron chi connectivity index (χ0n) is 11.4. The number of benzene rings is 1. The quantitative estimate of drug-likeness (QED) is 0.519. The van der Waals surface area contributed by atoms with Gasteiger partial charge in [0.1, 0.15) is 5.69 Å². The summed E-state index contributed by atoms with van der Waals surface area (Å²) in [6.07, 6.45) is 1.44. The fourth-order valence-electron chi connectivity index (χ4n) is 1.79. The highest BCUT2D eigenvalue weighted by molar-refractivity contribution is 5.95. The SMILES string of the molecule is CNC(=O)c1ccn(-c2ccc(C(C)=O)cc2[N+](=O)[O-])n1. The van der Waals surface area contributed by atoms with Crippen LogP contribution in [0.15, 0.2) is 30.5 Å². The number of rotatable bonds is 4. The Hall–Kier alpha value is -3.03. The molecule has 1 amide bonds. The number of nitro groups is 1. The van der Waals surface area contributed by atoms with Crippen molar-refractivity contribution in [2.45, 2.75) is 6.92 Å². The summed E-state index contributed by atoms with van der Waals surface area (Å²) in [7, 11) is 1.46. The second-order valence-corrected chi connectivity index (χ2v) is 4.24. The summed E-state index contributed by atoms with van der Waals surface area (Å²) < 4.78 is 1.23. The molecule has 0 fully saturated rings. The molecule has 1 N–H and O–H groups in total. The Morgan fingerprint density at radius 3 is 2.62 bits per heavy atom. The van der Waals surface area contributed by atoms with E-state index in [1.54, 1.807) is 0 Å². The van der Waals surface area contributed by atoms with E-state index in [-0.39, 0.29) is 28.4 Å². The van der Waals surface area contributed by atoms with E-state index in [9.17, 15) is 19.7 Å². The minimum Gasteiger partial charge on any atom is -0.354 e. The first kappa shape index (κ1) is 14.4. The average molecular weight is 288 g/mol. The maximum Gasteiger partial charge on any atom is 0.295 e. The fourth-order valence-corrected chi connectivity index (χ4v) is 1.79. The summed E-state index contributed by atoms with van der Waals surface area (Å²) in [5.74, 6) is -0.659. The number of carbonyl (C=O) groups excluding carboxylic acids is 2. The summed E-state index contributed by atoms with van der Waals surface area (Å²) in [6.45, 7) is 1.33. The molecular weight excluding hydrogens is 276 g/mol. The lowest BCUT2D eigenvalue weighted by molar-refractivity contribution is -0.384. The molecule has 0 atom stereocenters. The summed E-state index contributed by atoms with van der Waals surface area (Å²) in [6, 6.07) is 5.54. The second kappa shape index (κ2) is 5.53. The molecule has 0 aliphatic heterocycles. The van der Waals surface area contributed by atoms with Crippen molar-refractivity contribution in [1.29, 1.82) is 0 Å². The topological polar surface area (TPSA) is 107 Å². The molecule has 21 heavy (non-hydrogen) atoms. The monoisotopic (exact) mass is 288 g/mol. The predicted octanol–water partition coefficient (Wildman–Crippen LogP) is 1.34. The number of aromatic nitrogens is 2. The van der Waals surface area contributed by atoms with Crippen LogP contribution in [0.25, 0.3) is 5.69 Å². The molecule has 8 heteroatoms. The van der Waals surface area contributed by atoms with Crippen molar-refractivity contribution in [3.63, 3.8) is 0 Å². The predicted molar refractivity (Wildman–Crippen MR) is 73.6 cm³/mol. The van der Waals surface area contributed by atoms with Crippen LogP contribution in [0.5, 0.6) is 0 Å². The van der Waals surface area contributed by atoms with Crippen LogP contribution in [0.2, 0.25) is 0 Å². The lowest BCUT2D eigenvalue weighted by Gasteiger charge is -2.04. The van der Waals surface area contributed by atoms with Gasteiger partial charge in [-0.15, -0.1) is 0 Å². The van der Waals surface area contributed by atoms with Gasteiger partial charge >= 0.3 is 0 Å². The molecule has 1 aromatic carbocycles. The van der Waals surface area contributed by atoms with Crippen molar-refractivity contribution in [2.75, 3.05) is 7.05 Å². The smallest absolute Gasteiger partial charge is 0.295 e. The van der Waals surface area contributed by atoms with Crippen molar-refractivity contribution in [1.82, 2.24) is 15.1 Å². The Balaban J connectivity index is 2.53. The minimum absolute atomic E-state index is 0.141. The molecule has 2 aromatic rings. The van der Waals surface area contributed by atoms with Gasteiger partial charge in [0.05, 0.1) is 4.92 Å². The number of nitro benzene ring substituents is 1. The highest BCUT2D eigenvalue weighted by Gasteiger charge is 2.19. The Morgan fingerprint density at radius 2 is 2.05 bits per heavy atom. The summed E-state index contributed by atoms with van der Waals surface area (Å²) in [4.78, 5) is 33.3. The third-order valence-corrected chi connectivity index (χ3v) is 2.87. The highest BCUT2D eigenvalue weighted by atomic mass is 16.6. The van der Waals surface area contributed by atoms with Gasteiger partial charge in [-0.05, 0) is 25.1 Å². The molecule has 0 aliphatic carbocycles. The molecule has 1 heterocycles. The highest BCUT2D eigenvalue weighted by Crippen LogP contribution is 2.24. The van der Waals surface area contributed by atoms with E-state index in [2.05, 4.69) is 10.4 Å². The van der Waals surface area contributed by atoms with E-state index in [1.807, 2.05) is 0 Å². The van der Waals surface area contributed by atoms with Gasteiger partial charge in [-0.1, -0.05) is 0 Å². The molecule has 0 aliphatic rings. The molecular formula is C13H12N4O4. The molecule has 0 radical (unpaired) electrons. The van der Waals surface area contributed by atoms with Gasteiger partial charge in [-0.3, -0.25) is 19.7 Å². The number of amides is 1. The van der Waals surface area contributed by atoms with Crippen LogP contribution in [0.1, 0.15) is 27.8 Å². The first-order valence-corrected chi connectivity index (χ1v) is 6.01. The van der Waals surface area contributed by atoms with Crippen LogP contribution >= 0.6 is 0 Å². The number of nitrogens with zero attached hydrogens (tertiary/aromatic N) is 3. The van der Waals surface area contributed by atoms with Gasteiger partial charge in [0, 0.05) is 24.9 Å². The van der Waals surface area contributed by atoms with Gasteiger partial charge in [0.15, 0.2) is 11.5 Å². The van der Waals surface area contributed by atoms with Gasteiger partial charge in [0.2, 0.25) is 0 Å². The van der Waals surface area contributed by atoms with Crippen LogP contribution in [0, 0.1) is 10.1 Å². The number of carbonyl (C=O) groups is 2. The van der Waals surface area contributed by atoms with E-state index in [0.29, 0.717) is 0 Å².